The van der Waals surface area contributed by atoms with Gasteiger partial charge in [0.2, 0.25) is 0 Å². The molecule has 1 aromatic carbocycles. The molecule has 2 N–H and O–H groups in total. The molecule has 0 unspecified atom stereocenters. The van der Waals surface area contributed by atoms with E-state index in [4.69, 9.17) is 22.1 Å². The third-order valence-electron chi connectivity index (χ3n) is 3.55. The van der Waals surface area contributed by atoms with Gasteiger partial charge in [-0.1, -0.05) is 11.6 Å². The van der Waals surface area contributed by atoms with Gasteiger partial charge in [0.25, 0.3) is 0 Å². The van der Waals surface area contributed by atoms with Crippen molar-refractivity contribution in [2.75, 3.05) is 31.7 Å². The van der Waals surface area contributed by atoms with E-state index in [0.717, 1.165) is 43.2 Å². The van der Waals surface area contributed by atoms with E-state index in [0.29, 0.717) is 12.5 Å². The van der Waals surface area contributed by atoms with Crippen LogP contribution in [0.2, 0.25) is 5.02 Å². The molecule has 1 aliphatic rings. The average molecular weight is 269 g/mol. The van der Waals surface area contributed by atoms with Gasteiger partial charge in [0.05, 0.1) is 0 Å². The van der Waals surface area contributed by atoms with Crippen LogP contribution in [0, 0.1) is 5.92 Å². The molecule has 0 spiro atoms. The van der Waals surface area contributed by atoms with Crippen LogP contribution in [-0.2, 0) is 11.3 Å². The second kappa shape index (κ2) is 6.41. The van der Waals surface area contributed by atoms with Crippen molar-refractivity contribution in [2.45, 2.75) is 19.4 Å². The van der Waals surface area contributed by atoms with Gasteiger partial charge >= 0.3 is 0 Å². The number of hydrogen-bond donors (Lipinski definition) is 1. The standard InChI is InChI=1S/C14H21ClN2O/c1-17(10-11-4-6-18-7-5-11)14-3-2-13(15)8-12(14)9-16/h2-3,8,11H,4-7,9-10,16H2,1H3. The third-order valence-corrected chi connectivity index (χ3v) is 3.78. The molecule has 0 amide bonds. The summed E-state index contributed by atoms with van der Waals surface area (Å²) in [6.07, 6.45) is 2.30. The number of nitrogens with two attached hydrogens (primary N) is 1. The van der Waals surface area contributed by atoms with E-state index in [9.17, 15) is 0 Å². The van der Waals surface area contributed by atoms with Crippen LogP contribution < -0.4 is 10.6 Å². The van der Waals surface area contributed by atoms with Crippen LogP contribution in [-0.4, -0.2) is 26.8 Å². The van der Waals surface area contributed by atoms with E-state index >= 15 is 0 Å². The maximum Gasteiger partial charge on any atom is 0.0469 e. The molecule has 2 rings (SSSR count). The summed E-state index contributed by atoms with van der Waals surface area (Å²) in [6.45, 7) is 3.36. The van der Waals surface area contributed by atoms with Crippen molar-refractivity contribution in [3.8, 4) is 0 Å². The number of hydrogen-bond acceptors (Lipinski definition) is 3. The lowest BCUT2D eigenvalue weighted by Crippen LogP contribution is -2.30. The Balaban J connectivity index is 2.05. The summed E-state index contributed by atoms with van der Waals surface area (Å²) >= 11 is 6.00. The maximum absolute atomic E-state index is 6.00. The highest BCUT2D eigenvalue weighted by Crippen LogP contribution is 2.25. The Morgan fingerprint density at radius 3 is 2.78 bits per heavy atom. The zero-order valence-electron chi connectivity index (χ0n) is 10.9. The van der Waals surface area contributed by atoms with Crippen LogP contribution in [0.5, 0.6) is 0 Å². The Labute approximate surface area is 114 Å². The number of anilines is 1. The quantitative estimate of drug-likeness (QED) is 0.912. The van der Waals surface area contributed by atoms with Crippen molar-refractivity contribution < 1.29 is 4.74 Å². The van der Waals surface area contributed by atoms with Gasteiger partial charge in [-0.25, -0.2) is 0 Å². The maximum atomic E-state index is 6.00. The molecule has 1 saturated heterocycles. The minimum atomic E-state index is 0.522. The van der Waals surface area contributed by atoms with Gasteiger partial charge in [-0.2, -0.15) is 0 Å². The first-order valence-corrected chi connectivity index (χ1v) is 6.86. The van der Waals surface area contributed by atoms with Crippen molar-refractivity contribution in [1.82, 2.24) is 0 Å². The Morgan fingerprint density at radius 1 is 1.39 bits per heavy atom. The fourth-order valence-corrected chi connectivity index (χ4v) is 2.70. The second-order valence-corrected chi connectivity index (χ2v) is 5.35. The van der Waals surface area contributed by atoms with Gasteiger partial charge in [-0.15, -0.1) is 0 Å². The third kappa shape index (κ3) is 3.37. The summed E-state index contributed by atoms with van der Waals surface area (Å²) in [5.41, 5.74) is 8.08. The fraction of sp³-hybridized carbons (Fsp3) is 0.571. The zero-order valence-corrected chi connectivity index (χ0v) is 11.6. The first kappa shape index (κ1) is 13.7. The van der Waals surface area contributed by atoms with Crippen molar-refractivity contribution in [1.29, 1.82) is 0 Å². The summed E-state index contributed by atoms with van der Waals surface area (Å²) in [5.74, 6) is 0.713. The molecule has 100 valence electrons. The molecule has 0 saturated carbocycles. The number of rotatable bonds is 4. The molecule has 1 aliphatic heterocycles. The van der Waals surface area contributed by atoms with E-state index in [1.807, 2.05) is 12.1 Å². The number of benzene rings is 1. The molecule has 1 heterocycles. The number of halogens is 1. The topological polar surface area (TPSA) is 38.5 Å². The number of nitrogens with zero attached hydrogens (tertiary/aromatic N) is 1. The summed E-state index contributed by atoms with van der Waals surface area (Å²) in [6, 6.07) is 5.94. The predicted molar refractivity (Wildman–Crippen MR) is 76.2 cm³/mol. The smallest absolute Gasteiger partial charge is 0.0469 e. The Hall–Kier alpha value is -0.770. The highest BCUT2D eigenvalue weighted by atomic mass is 35.5. The van der Waals surface area contributed by atoms with E-state index < -0.39 is 0 Å². The monoisotopic (exact) mass is 268 g/mol. The highest BCUT2D eigenvalue weighted by molar-refractivity contribution is 6.30. The molecular weight excluding hydrogens is 248 g/mol. The Bertz CT molecular complexity index is 391. The molecule has 18 heavy (non-hydrogen) atoms. The lowest BCUT2D eigenvalue weighted by atomic mass is 9.99. The van der Waals surface area contributed by atoms with Gasteiger partial charge < -0.3 is 15.4 Å². The fourth-order valence-electron chi connectivity index (χ4n) is 2.50. The largest absolute Gasteiger partial charge is 0.381 e. The van der Waals surface area contributed by atoms with Crippen LogP contribution >= 0.6 is 11.6 Å². The van der Waals surface area contributed by atoms with Crippen molar-refractivity contribution in [3.05, 3.63) is 28.8 Å². The molecule has 3 nitrogen and oxygen atoms in total. The van der Waals surface area contributed by atoms with Crippen LogP contribution in [0.1, 0.15) is 18.4 Å². The van der Waals surface area contributed by atoms with Crippen LogP contribution in [0.3, 0.4) is 0 Å². The van der Waals surface area contributed by atoms with E-state index in [1.54, 1.807) is 0 Å². The Morgan fingerprint density at radius 2 is 2.11 bits per heavy atom. The normalized spacial score (nSPS) is 16.8. The van der Waals surface area contributed by atoms with Crippen molar-refractivity contribution in [2.24, 2.45) is 11.7 Å². The van der Waals surface area contributed by atoms with E-state index in [1.165, 1.54) is 5.69 Å². The molecule has 0 aliphatic carbocycles. The van der Waals surface area contributed by atoms with Gasteiger partial charge in [0, 0.05) is 44.1 Å². The molecule has 0 bridgehead atoms. The SMILES string of the molecule is CN(CC1CCOCC1)c1ccc(Cl)cc1CN. The highest BCUT2D eigenvalue weighted by Gasteiger charge is 2.17. The lowest BCUT2D eigenvalue weighted by Gasteiger charge is -2.29. The summed E-state index contributed by atoms with van der Waals surface area (Å²) in [7, 11) is 2.12. The predicted octanol–water partition coefficient (Wildman–Crippen LogP) is 2.66. The summed E-state index contributed by atoms with van der Waals surface area (Å²) in [5, 5.41) is 0.749. The molecule has 4 heteroatoms. The molecule has 0 aromatic heterocycles. The molecule has 1 fully saturated rings. The van der Waals surface area contributed by atoms with Crippen molar-refractivity contribution in [3.63, 3.8) is 0 Å². The first-order chi connectivity index (χ1) is 8.70. The molecule has 0 atom stereocenters. The minimum absolute atomic E-state index is 0.522. The van der Waals surface area contributed by atoms with E-state index in [-0.39, 0.29) is 0 Å². The minimum Gasteiger partial charge on any atom is -0.381 e. The van der Waals surface area contributed by atoms with Gasteiger partial charge in [0.15, 0.2) is 0 Å². The number of ether oxygens (including phenoxy) is 1. The van der Waals surface area contributed by atoms with Crippen LogP contribution in [0.15, 0.2) is 18.2 Å². The lowest BCUT2D eigenvalue weighted by molar-refractivity contribution is 0.0685. The molecule has 0 radical (unpaired) electrons. The Kier molecular flexibility index (Phi) is 4.87. The van der Waals surface area contributed by atoms with Gasteiger partial charge in [0.1, 0.15) is 0 Å². The molecule has 1 aromatic rings. The molecular formula is C14H21ClN2O. The summed E-state index contributed by atoms with van der Waals surface area (Å²) < 4.78 is 5.39. The van der Waals surface area contributed by atoms with Crippen LogP contribution in [0.4, 0.5) is 5.69 Å². The van der Waals surface area contributed by atoms with E-state index in [2.05, 4.69) is 18.0 Å². The van der Waals surface area contributed by atoms with Crippen molar-refractivity contribution >= 4 is 17.3 Å². The summed E-state index contributed by atoms with van der Waals surface area (Å²) in [4.78, 5) is 2.29. The van der Waals surface area contributed by atoms with Crippen LogP contribution in [0.25, 0.3) is 0 Å². The average Bonchev–Trinajstić information content (AvgIpc) is 2.39. The zero-order chi connectivity index (χ0) is 13.0. The van der Waals surface area contributed by atoms with Gasteiger partial charge in [-0.05, 0) is 42.5 Å². The van der Waals surface area contributed by atoms with Gasteiger partial charge in [-0.3, -0.25) is 0 Å². The second-order valence-electron chi connectivity index (χ2n) is 4.91. The first-order valence-electron chi connectivity index (χ1n) is 6.48.